The van der Waals surface area contributed by atoms with Crippen LogP contribution < -0.4 is 5.32 Å². The van der Waals surface area contributed by atoms with Crippen LogP contribution in [0.1, 0.15) is 52.9 Å². The lowest BCUT2D eigenvalue weighted by Gasteiger charge is -2.37. The lowest BCUT2D eigenvalue weighted by molar-refractivity contribution is 0.152. The molecule has 1 aliphatic carbocycles. The van der Waals surface area contributed by atoms with E-state index in [9.17, 15) is 0 Å². The van der Waals surface area contributed by atoms with Crippen molar-refractivity contribution in [1.29, 1.82) is 0 Å². The van der Waals surface area contributed by atoms with Crippen LogP contribution in [0, 0.1) is 29.6 Å². The highest BCUT2D eigenvalue weighted by Crippen LogP contribution is 2.38. The third-order valence-corrected chi connectivity index (χ3v) is 5.33. The molecule has 1 nitrogen and oxygen atoms in total. The van der Waals surface area contributed by atoms with Crippen LogP contribution in [0.5, 0.6) is 0 Å². The Labute approximate surface area is 101 Å². The highest BCUT2D eigenvalue weighted by molar-refractivity contribution is 4.81. The molecule has 0 aromatic carbocycles. The molecule has 0 amide bonds. The van der Waals surface area contributed by atoms with Crippen molar-refractivity contribution in [2.24, 2.45) is 29.6 Å². The van der Waals surface area contributed by atoms with E-state index in [0.717, 1.165) is 29.6 Å². The van der Waals surface area contributed by atoms with Crippen LogP contribution in [-0.2, 0) is 0 Å². The maximum Gasteiger partial charge on any atom is -0.00179 e. The van der Waals surface area contributed by atoms with E-state index in [0.29, 0.717) is 0 Å². The molecule has 1 heterocycles. The number of hydrogen-bond acceptors (Lipinski definition) is 1. The molecule has 0 aromatic rings. The van der Waals surface area contributed by atoms with Crippen molar-refractivity contribution in [2.75, 3.05) is 13.1 Å². The normalized spacial score (nSPS) is 45.6. The van der Waals surface area contributed by atoms with Gasteiger partial charge in [-0.05, 0) is 61.9 Å². The SMILES string of the molecule is CC1CCC(CC2CNCCC2C)CC1C. The van der Waals surface area contributed by atoms with Gasteiger partial charge in [0.05, 0.1) is 0 Å². The van der Waals surface area contributed by atoms with Gasteiger partial charge in [-0.3, -0.25) is 0 Å². The molecule has 1 saturated carbocycles. The average molecular weight is 223 g/mol. The zero-order chi connectivity index (χ0) is 11.5. The van der Waals surface area contributed by atoms with E-state index in [2.05, 4.69) is 26.1 Å². The van der Waals surface area contributed by atoms with Crippen LogP contribution in [0.15, 0.2) is 0 Å². The highest BCUT2D eigenvalue weighted by Gasteiger charge is 2.29. The fourth-order valence-corrected chi connectivity index (χ4v) is 3.67. The molecule has 1 saturated heterocycles. The predicted molar refractivity (Wildman–Crippen MR) is 70.4 cm³/mol. The largest absolute Gasteiger partial charge is 0.316 e. The molecule has 94 valence electrons. The summed E-state index contributed by atoms with van der Waals surface area (Å²) in [6.45, 7) is 9.88. The van der Waals surface area contributed by atoms with Crippen LogP contribution in [0.4, 0.5) is 0 Å². The third-order valence-electron chi connectivity index (χ3n) is 5.33. The van der Waals surface area contributed by atoms with Crippen LogP contribution in [0.25, 0.3) is 0 Å². The first-order chi connectivity index (χ1) is 7.66. The molecule has 0 aromatic heterocycles. The molecule has 1 N–H and O–H groups in total. The molecule has 0 radical (unpaired) electrons. The lowest BCUT2D eigenvalue weighted by Crippen LogP contribution is -2.37. The van der Waals surface area contributed by atoms with E-state index in [-0.39, 0.29) is 0 Å². The van der Waals surface area contributed by atoms with E-state index in [1.54, 1.807) is 0 Å². The first kappa shape index (κ1) is 12.4. The van der Waals surface area contributed by atoms with Gasteiger partial charge in [-0.1, -0.05) is 33.6 Å². The Kier molecular flexibility index (Phi) is 4.29. The van der Waals surface area contributed by atoms with Crippen molar-refractivity contribution < 1.29 is 0 Å². The smallest absolute Gasteiger partial charge is 0.00179 e. The van der Waals surface area contributed by atoms with Gasteiger partial charge in [-0.25, -0.2) is 0 Å². The Morgan fingerprint density at radius 3 is 2.44 bits per heavy atom. The molecular weight excluding hydrogens is 194 g/mol. The number of piperidine rings is 1. The Hall–Kier alpha value is -0.0400. The summed E-state index contributed by atoms with van der Waals surface area (Å²) >= 11 is 0. The standard InChI is InChI=1S/C15H29N/c1-11-4-5-14(8-13(11)3)9-15-10-16-7-6-12(15)2/h11-16H,4-10H2,1-3H3. The van der Waals surface area contributed by atoms with Gasteiger partial charge in [0, 0.05) is 0 Å². The van der Waals surface area contributed by atoms with Crippen molar-refractivity contribution in [3.05, 3.63) is 0 Å². The summed E-state index contributed by atoms with van der Waals surface area (Å²) in [4.78, 5) is 0. The first-order valence-corrected chi connectivity index (χ1v) is 7.37. The average Bonchev–Trinajstić information content (AvgIpc) is 2.27. The van der Waals surface area contributed by atoms with Crippen LogP contribution in [-0.4, -0.2) is 13.1 Å². The minimum absolute atomic E-state index is 0.955. The minimum atomic E-state index is 0.955. The second kappa shape index (κ2) is 5.53. The Bertz CT molecular complexity index is 213. The van der Waals surface area contributed by atoms with E-state index in [1.165, 1.54) is 45.2 Å². The molecule has 16 heavy (non-hydrogen) atoms. The molecule has 2 fully saturated rings. The highest BCUT2D eigenvalue weighted by atomic mass is 14.9. The van der Waals surface area contributed by atoms with E-state index in [1.807, 2.05) is 0 Å². The number of rotatable bonds is 2. The summed E-state index contributed by atoms with van der Waals surface area (Å²) in [6.07, 6.45) is 7.34. The Morgan fingerprint density at radius 2 is 1.75 bits per heavy atom. The molecule has 0 bridgehead atoms. The summed E-state index contributed by atoms with van der Waals surface area (Å²) in [5.74, 6) is 4.87. The molecule has 2 aliphatic rings. The number of hydrogen-bond donors (Lipinski definition) is 1. The molecule has 1 heteroatoms. The minimum Gasteiger partial charge on any atom is -0.316 e. The van der Waals surface area contributed by atoms with E-state index >= 15 is 0 Å². The maximum absolute atomic E-state index is 3.57. The fourth-order valence-electron chi connectivity index (χ4n) is 3.67. The van der Waals surface area contributed by atoms with Crippen molar-refractivity contribution >= 4 is 0 Å². The summed E-state index contributed by atoms with van der Waals surface area (Å²) in [7, 11) is 0. The van der Waals surface area contributed by atoms with Gasteiger partial charge in [0.15, 0.2) is 0 Å². The monoisotopic (exact) mass is 223 g/mol. The van der Waals surface area contributed by atoms with Crippen LogP contribution >= 0.6 is 0 Å². The molecular formula is C15H29N. The number of nitrogens with one attached hydrogen (secondary N) is 1. The van der Waals surface area contributed by atoms with Gasteiger partial charge in [-0.2, -0.15) is 0 Å². The second-order valence-electron chi connectivity index (χ2n) is 6.60. The van der Waals surface area contributed by atoms with E-state index < -0.39 is 0 Å². The molecule has 0 spiro atoms. The Balaban J connectivity index is 1.80. The zero-order valence-corrected chi connectivity index (χ0v) is 11.3. The van der Waals surface area contributed by atoms with Crippen LogP contribution in [0.3, 0.4) is 0 Å². The molecule has 5 atom stereocenters. The summed E-state index contributed by atoms with van der Waals surface area (Å²) in [6, 6.07) is 0. The first-order valence-electron chi connectivity index (χ1n) is 7.37. The zero-order valence-electron chi connectivity index (χ0n) is 11.3. The lowest BCUT2D eigenvalue weighted by atomic mass is 9.71. The van der Waals surface area contributed by atoms with E-state index in [4.69, 9.17) is 0 Å². The van der Waals surface area contributed by atoms with Gasteiger partial charge < -0.3 is 5.32 Å². The summed E-state index contributed by atoms with van der Waals surface area (Å²) in [5.41, 5.74) is 0. The fraction of sp³-hybridized carbons (Fsp3) is 1.00. The van der Waals surface area contributed by atoms with Crippen molar-refractivity contribution in [1.82, 2.24) is 5.32 Å². The second-order valence-corrected chi connectivity index (χ2v) is 6.60. The topological polar surface area (TPSA) is 12.0 Å². The van der Waals surface area contributed by atoms with Gasteiger partial charge >= 0.3 is 0 Å². The molecule has 2 rings (SSSR count). The van der Waals surface area contributed by atoms with Gasteiger partial charge in [0.25, 0.3) is 0 Å². The van der Waals surface area contributed by atoms with Crippen LogP contribution in [0.2, 0.25) is 0 Å². The molecule has 1 aliphatic heterocycles. The maximum atomic E-state index is 3.57. The Morgan fingerprint density at radius 1 is 0.938 bits per heavy atom. The summed E-state index contributed by atoms with van der Waals surface area (Å²) in [5, 5.41) is 3.57. The van der Waals surface area contributed by atoms with Crippen molar-refractivity contribution in [3.8, 4) is 0 Å². The summed E-state index contributed by atoms with van der Waals surface area (Å²) < 4.78 is 0. The third kappa shape index (κ3) is 3.00. The van der Waals surface area contributed by atoms with Gasteiger partial charge in [0.1, 0.15) is 0 Å². The quantitative estimate of drug-likeness (QED) is 0.753. The van der Waals surface area contributed by atoms with Crippen molar-refractivity contribution in [2.45, 2.75) is 52.9 Å². The molecule has 5 unspecified atom stereocenters. The predicted octanol–water partition coefficient (Wildman–Crippen LogP) is 3.69. The van der Waals surface area contributed by atoms with Crippen molar-refractivity contribution in [3.63, 3.8) is 0 Å². The van der Waals surface area contributed by atoms with Gasteiger partial charge in [-0.15, -0.1) is 0 Å². The van der Waals surface area contributed by atoms with Gasteiger partial charge in [0.2, 0.25) is 0 Å².